The fourth-order valence-electron chi connectivity index (χ4n) is 1.54. The zero-order valence-electron chi connectivity index (χ0n) is 10.3. The molecule has 0 aromatic heterocycles. The molecule has 1 aromatic carbocycles. The number of hydrogen-bond donors (Lipinski definition) is 3. The second kappa shape index (κ2) is 7.14. The molecule has 7 heteroatoms. The lowest BCUT2D eigenvalue weighted by Crippen LogP contribution is -2.23. The summed E-state index contributed by atoms with van der Waals surface area (Å²) in [4.78, 5) is 0.0492. The highest BCUT2D eigenvalue weighted by molar-refractivity contribution is 8.00. The predicted octanol–water partition coefficient (Wildman–Crippen LogP) is 2.30. The molecule has 0 saturated heterocycles. The molecule has 3 N–H and O–H groups in total. The number of benzene rings is 1. The van der Waals surface area contributed by atoms with E-state index in [2.05, 4.69) is 5.32 Å². The molecular weight excluding hydrogens is 279 g/mol. The monoisotopic (exact) mass is 295 g/mol. The standard InChI is InChI=1S/C12H16F3NO2S/c1-16-7-6-10(17)11(18)8-2-4-9(5-3-8)19-12(13,14)15/h2-5,10-11,16-18H,6-7H2,1H3. The molecule has 0 spiro atoms. The van der Waals surface area contributed by atoms with Crippen molar-refractivity contribution in [1.82, 2.24) is 5.32 Å². The molecule has 0 heterocycles. The SMILES string of the molecule is CNCCC(O)C(O)c1ccc(SC(F)(F)F)cc1. The molecule has 0 bridgehead atoms. The van der Waals surface area contributed by atoms with Crippen molar-refractivity contribution in [3.63, 3.8) is 0 Å². The van der Waals surface area contributed by atoms with Gasteiger partial charge in [0.1, 0.15) is 6.10 Å². The lowest BCUT2D eigenvalue weighted by molar-refractivity contribution is -0.0328. The van der Waals surface area contributed by atoms with Crippen LogP contribution in [0.4, 0.5) is 13.2 Å². The molecule has 0 saturated carbocycles. The minimum absolute atomic E-state index is 0.0492. The van der Waals surface area contributed by atoms with E-state index in [4.69, 9.17) is 0 Å². The summed E-state index contributed by atoms with van der Waals surface area (Å²) >= 11 is -0.211. The van der Waals surface area contributed by atoms with Crippen LogP contribution >= 0.6 is 11.8 Å². The summed E-state index contributed by atoms with van der Waals surface area (Å²) in [6.07, 6.45) is -1.69. The normalized spacial score (nSPS) is 15.3. The molecule has 19 heavy (non-hydrogen) atoms. The summed E-state index contributed by atoms with van der Waals surface area (Å²) in [6, 6.07) is 5.34. The molecule has 108 valence electrons. The zero-order chi connectivity index (χ0) is 14.5. The lowest BCUT2D eigenvalue weighted by Gasteiger charge is -2.18. The van der Waals surface area contributed by atoms with Crippen molar-refractivity contribution in [3.8, 4) is 0 Å². The van der Waals surface area contributed by atoms with Gasteiger partial charge in [0.15, 0.2) is 0 Å². The van der Waals surface area contributed by atoms with Gasteiger partial charge in [-0.2, -0.15) is 13.2 Å². The van der Waals surface area contributed by atoms with Crippen LogP contribution in [-0.4, -0.2) is 35.4 Å². The van der Waals surface area contributed by atoms with E-state index in [9.17, 15) is 23.4 Å². The molecule has 2 atom stereocenters. The molecule has 0 fully saturated rings. The molecule has 1 aromatic rings. The maximum Gasteiger partial charge on any atom is 0.446 e. The Labute approximate surface area is 113 Å². The van der Waals surface area contributed by atoms with E-state index in [1.54, 1.807) is 7.05 Å². The third-order valence-corrected chi connectivity index (χ3v) is 3.25. The van der Waals surface area contributed by atoms with Crippen molar-refractivity contribution in [2.24, 2.45) is 0 Å². The van der Waals surface area contributed by atoms with Crippen LogP contribution in [-0.2, 0) is 0 Å². The summed E-state index contributed by atoms with van der Waals surface area (Å²) in [7, 11) is 1.72. The Morgan fingerprint density at radius 2 is 1.79 bits per heavy atom. The molecule has 0 aliphatic rings. The summed E-state index contributed by atoms with van der Waals surface area (Å²) in [5.74, 6) is 0. The fraction of sp³-hybridized carbons (Fsp3) is 0.500. The van der Waals surface area contributed by atoms with Crippen molar-refractivity contribution in [3.05, 3.63) is 29.8 Å². The molecule has 0 aliphatic carbocycles. The average Bonchev–Trinajstić information content (AvgIpc) is 2.34. The second-order valence-electron chi connectivity index (χ2n) is 4.02. The van der Waals surface area contributed by atoms with Crippen LogP contribution in [0.5, 0.6) is 0 Å². The number of thioether (sulfide) groups is 1. The number of aliphatic hydroxyl groups is 2. The Balaban J connectivity index is 2.65. The van der Waals surface area contributed by atoms with Crippen molar-refractivity contribution in [2.75, 3.05) is 13.6 Å². The van der Waals surface area contributed by atoms with E-state index >= 15 is 0 Å². The quantitative estimate of drug-likeness (QED) is 0.705. The fourth-order valence-corrected chi connectivity index (χ4v) is 2.08. The lowest BCUT2D eigenvalue weighted by atomic mass is 10.0. The molecule has 0 radical (unpaired) electrons. The van der Waals surface area contributed by atoms with Gasteiger partial charge in [-0.3, -0.25) is 0 Å². The Hall–Kier alpha value is -0.760. The van der Waals surface area contributed by atoms with E-state index in [-0.39, 0.29) is 16.7 Å². The van der Waals surface area contributed by atoms with Crippen molar-refractivity contribution in [2.45, 2.75) is 29.0 Å². The highest BCUT2D eigenvalue weighted by Gasteiger charge is 2.29. The first-order valence-electron chi connectivity index (χ1n) is 5.70. The first-order valence-corrected chi connectivity index (χ1v) is 6.51. The topological polar surface area (TPSA) is 52.5 Å². The summed E-state index contributed by atoms with van der Waals surface area (Å²) in [5.41, 5.74) is -3.93. The van der Waals surface area contributed by atoms with Crippen LogP contribution in [0.3, 0.4) is 0 Å². The largest absolute Gasteiger partial charge is 0.446 e. The Morgan fingerprint density at radius 1 is 1.21 bits per heavy atom. The number of hydrogen-bond acceptors (Lipinski definition) is 4. The minimum atomic E-state index is -4.33. The molecule has 0 aliphatic heterocycles. The molecular formula is C12H16F3NO2S. The minimum Gasteiger partial charge on any atom is -0.390 e. The maximum absolute atomic E-state index is 12.1. The van der Waals surface area contributed by atoms with Crippen LogP contribution in [0, 0.1) is 0 Å². The third-order valence-electron chi connectivity index (χ3n) is 2.51. The molecule has 2 unspecified atom stereocenters. The Kier molecular flexibility index (Phi) is 6.12. The van der Waals surface area contributed by atoms with Gasteiger partial charge in [-0.25, -0.2) is 0 Å². The van der Waals surface area contributed by atoms with E-state index in [0.29, 0.717) is 18.5 Å². The van der Waals surface area contributed by atoms with Gasteiger partial charge in [-0.1, -0.05) is 12.1 Å². The first kappa shape index (κ1) is 16.3. The number of nitrogens with one attached hydrogen (secondary N) is 1. The van der Waals surface area contributed by atoms with E-state index < -0.39 is 17.7 Å². The highest BCUT2D eigenvalue weighted by Crippen LogP contribution is 2.37. The van der Waals surface area contributed by atoms with Crippen LogP contribution in [0.2, 0.25) is 0 Å². The summed E-state index contributed by atoms with van der Waals surface area (Å²) in [5, 5.41) is 22.4. The average molecular weight is 295 g/mol. The van der Waals surface area contributed by atoms with Gasteiger partial charge in [0, 0.05) is 4.90 Å². The highest BCUT2D eigenvalue weighted by atomic mass is 32.2. The van der Waals surface area contributed by atoms with Crippen molar-refractivity contribution in [1.29, 1.82) is 0 Å². The van der Waals surface area contributed by atoms with Crippen LogP contribution < -0.4 is 5.32 Å². The molecule has 1 rings (SSSR count). The number of aliphatic hydroxyl groups excluding tert-OH is 2. The Bertz CT molecular complexity index is 384. The van der Waals surface area contributed by atoms with Gasteiger partial charge in [0.05, 0.1) is 6.10 Å². The van der Waals surface area contributed by atoms with Gasteiger partial charge in [0.25, 0.3) is 0 Å². The van der Waals surface area contributed by atoms with Gasteiger partial charge >= 0.3 is 5.51 Å². The van der Waals surface area contributed by atoms with Gasteiger partial charge in [-0.15, -0.1) is 0 Å². The van der Waals surface area contributed by atoms with Gasteiger partial charge < -0.3 is 15.5 Å². The second-order valence-corrected chi connectivity index (χ2v) is 5.16. The van der Waals surface area contributed by atoms with E-state index in [0.717, 1.165) is 0 Å². The predicted molar refractivity (Wildman–Crippen MR) is 67.9 cm³/mol. The number of halogens is 3. The smallest absolute Gasteiger partial charge is 0.390 e. The molecule has 3 nitrogen and oxygen atoms in total. The van der Waals surface area contributed by atoms with E-state index in [1.807, 2.05) is 0 Å². The summed E-state index contributed by atoms with van der Waals surface area (Å²) in [6.45, 7) is 0.542. The number of rotatable bonds is 6. The van der Waals surface area contributed by atoms with Gasteiger partial charge in [0.2, 0.25) is 0 Å². The van der Waals surface area contributed by atoms with Gasteiger partial charge in [-0.05, 0) is 49.5 Å². The van der Waals surface area contributed by atoms with Crippen molar-refractivity contribution < 1.29 is 23.4 Å². The van der Waals surface area contributed by atoms with Crippen molar-refractivity contribution >= 4 is 11.8 Å². The zero-order valence-corrected chi connectivity index (χ0v) is 11.1. The van der Waals surface area contributed by atoms with E-state index in [1.165, 1.54) is 24.3 Å². The maximum atomic E-state index is 12.1. The molecule has 0 amide bonds. The van der Waals surface area contributed by atoms with Crippen LogP contribution in [0.15, 0.2) is 29.2 Å². The number of alkyl halides is 3. The first-order chi connectivity index (χ1) is 8.83. The summed E-state index contributed by atoms with van der Waals surface area (Å²) < 4.78 is 36.4. The van der Waals surface area contributed by atoms with Crippen LogP contribution in [0.25, 0.3) is 0 Å². The Morgan fingerprint density at radius 3 is 2.26 bits per heavy atom. The third kappa shape index (κ3) is 5.82. The van der Waals surface area contributed by atoms with Crippen LogP contribution in [0.1, 0.15) is 18.1 Å².